The lowest BCUT2D eigenvalue weighted by Gasteiger charge is -2.14. The molecule has 1 unspecified atom stereocenters. The number of thioether (sulfide) groups is 1. The van der Waals surface area contributed by atoms with Crippen LogP contribution in [-0.2, 0) is 4.79 Å². The number of benzene rings is 1. The molecule has 82 valence electrons. The summed E-state index contributed by atoms with van der Waals surface area (Å²) in [5, 5.41) is 9.01. The highest BCUT2D eigenvalue weighted by molar-refractivity contribution is 7.98. The number of carboxylic acids is 1. The molecule has 0 aliphatic rings. The van der Waals surface area contributed by atoms with E-state index >= 15 is 0 Å². The average Bonchev–Trinajstić information content (AvgIpc) is 2.20. The number of aliphatic carboxylic acids is 1. The van der Waals surface area contributed by atoms with Crippen LogP contribution in [0.5, 0.6) is 0 Å². The van der Waals surface area contributed by atoms with Gasteiger partial charge in [-0.25, -0.2) is 0 Å². The second-order valence-electron chi connectivity index (χ2n) is 3.74. The summed E-state index contributed by atoms with van der Waals surface area (Å²) in [6.45, 7) is 5.79. The Bertz CT molecular complexity index is 385. The van der Waals surface area contributed by atoms with Crippen LogP contribution in [0.25, 0.3) is 0 Å². The zero-order valence-electron chi connectivity index (χ0n) is 9.50. The maximum absolute atomic E-state index is 11.0. The van der Waals surface area contributed by atoms with Gasteiger partial charge in [-0.3, -0.25) is 4.79 Å². The monoisotopic (exact) mass is 224 g/mol. The van der Waals surface area contributed by atoms with Crippen molar-refractivity contribution in [2.24, 2.45) is 0 Å². The number of aryl methyl sites for hydroxylation is 2. The van der Waals surface area contributed by atoms with Gasteiger partial charge in [0.25, 0.3) is 0 Å². The predicted octanol–water partition coefficient (Wildman–Crippen LogP) is 3.21. The highest BCUT2D eigenvalue weighted by atomic mass is 32.2. The molecule has 1 aromatic carbocycles. The molecule has 0 aliphatic carbocycles. The van der Waals surface area contributed by atoms with E-state index in [1.807, 2.05) is 26.2 Å². The summed E-state index contributed by atoms with van der Waals surface area (Å²) in [7, 11) is 0. The fourth-order valence-corrected chi connectivity index (χ4v) is 2.23. The number of hydrogen-bond donors (Lipinski definition) is 1. The molecule has 0 radical (unpaired) electrons. The summed E-state index contributed by atoms with van der Waals surface area (Å²) in [4.78, 5) is 12.0. The summed E-state index contributed by atoms with van der Waals surface area (Å²) in [5.41, 5.74) is 3.27. The molecule has 0 spiro atoms. The van der Waals surface area contributed by atoms with E-state index < -0.39 is 11.9 Å². The van der Waals surface area contributed by atoms with E-state index in [1.54, 1.807) is 18.7 Å². The van der Waals surface area contributed by atoms with Crippen molar-refractivity contribution < 1.29 is 9.90 Å². The minimum Gasteiger partial charge on any atom is -0.481 e. The largest absolute Gasteiger partial charge is 0.481 e. The fraction of sp³-hybridized carbons (Fsp3) is 0.417. The maximum atomic E-state index is 11.0. The lowest BCUT2D eigenvalue weighted by Crippen LogP contribution is -2.09. The van der Waals surface area contributed by atoms with Gasteiger partial charge in [0.2, 0.25) is 0 Å². The zero-order chi connectivity index (χ0) is 11.6. The summed E-state index contributed by atoms with van der Waals surface area (Å²) in [6, 6.07) is 4.05. The summed E-state index contributed by atoms with van der Waals surface area (Å²) in [5.74, 6) is -1.21. The first-order valence-corrected chi connectivity index (χ1v) is 6.07. The zero-order valence-corrected chi connectivity index (χ0v) is 10.3. The fourth-order valence-electron chi connectivity index (χ4n) is 1.46. The smallest absolute Gasteiger partial charge is 0.310 e. The Morgan fingerprint density at radius 2 is 1.87 bits per heavy atom. The first-order chi connectivity index (χ1) is 6.97. The van der Waals surface area contributed by atoms with Crippen molar-refractivity contribution in [3.05, 3.63) is 28.8 Å². The van der Waals surface area contributed by atoms with Gasteiger partial charge in [0.15, 0.2) is 0 Å². The van der Waals surface area contributed by atoms with Gasteiger partial charge in [0, 0.05) is 4.90 Å². The van der Waals surface area contributed by atoms with Crippen LogP contribution in [-0.4, -0.2) is 17.3 Å². The lowest BCUT2D eigenvalue weighted by molar-refractivity contribution is -0.138. The van der Waals surface area contributed by atoms with Crippen molar-refractivity contribution in [3.63, 3.8) is 0 Å². The van der Waals surface area contributed by atoms with Crippen LogP contribution in [0.2, 0.25) is 0 Å². The van der Waals surface area contributed by atoms with Crippen LogP contribution in [0, 0.1) is 13.8 Å². The Morgan fingerprint density at radius 1 is 1.33 bits per heavy atom. The van der Waals surface area contributed by atoms with Crippen molar-refractivity contribution in [1.82, 2.24) is 0 Å². The molecule has 0 fully saturated rings. The highest BCUT2D eigenvalue weighted by Crippen LogP contribution is 2.30. The molecule has 1 rings (SSSR count). The Balaban J connectivity index is 3.27. The molecule has 2 nitrogen and oxygen atoms in total. The van der Waals surface area contributed by atoms with Crippen molar-refractivity contribution in [3.8, 4) is 0 Å². The van der Waals surface area contributed by atoms with Gasteiger partial charge < -0.3 is 5.11 Å². The molecule has 15 heavy (non-hydrogen) atoms. The van der Waals surface area contributed by atoms with Crippen LogP contribution in [0.3, 0.4) is 0 Å². The predicted molar refractivity (Wildman–Crippen MR) is 63.7 cm³/mol. The van der Waals surface area contributed by atoms with Gasteiger partial charge in [0.05, 0.1) is 5.92 Å². The van der Waals surface area contributed by atoms with Crippen molar-refractivity contribution in [1.29, 1.82) is 0 Å². The van der Waals surface area contributed by atoms with E-state index in [0.717, 1.165) is 16.0 Å². The molecule has 1 N–H and O–H groups in total. The molecule has 0 aromatic heterocycles. The molecule has 0 amide bonds. The van der Waals surface area contributed by atoms with E-state index in [-0.39, 0.29) is 0 Å². The normalized spacial score (nSPS) is 12.5. The van der Waals surface area contributed by atoms with Gasteiger partial charge in [0.1, 0.15) is 0 Å². The van der Waals surface area contributed by atoms with Gasteiger partial charge in [-0.2, -0.15) is 0 Å². The minimum atomic E-state index is -0.770. The molecule has 0 aliphatic heterocycles. The standard InChI is InChI=1S/C12H16O2S/c1-7-5-10(9(3)12(13)14)11(15-4)6-8(7)2/h5-6,9H,1-4H3,(H,13,14). The average molecular weight is 224 g/mol. The Morgan fingerprint density at radius 3 is 2.33 bits per heavy atom. The Hall–Kier alpha value is -0.960. The molecular weight excluding hydrogens is 208 g/mol. The molecular formula is C12H16O2S. The summed E-state index contributed by atoms with van der Waals surface area (Å²) >= 11 is 1.60. The van der Waals surface area contributed by atoms with Crippen molar-refractivity contribution in [2.45, 2.75) is 31.6 Å². The molecule has 0 saturated heterocycles. The van der Waals surface area contributed by atoms with E-state index in [4.69, 9.17) is 5.11 Å². The molecule has 1 atom stereocenters. The Kier molecular flexibility index (Phi) is 3.80. The minimum absolute atomic E-state index is 0.438. The lowest BCUT2D eigenvalue weighted by atomic mass is 9.97. The molecule has 0 heterocycles. The van der Waals surface area contributed by atoms with Gasteiger partial charge in [-0.1, -0.05) is 6.07 Å². The van der Waals surface area contributed by atoms with Gasteiger partial charge in [-0.15, -0.1) is 11.8 Å². The highest BCUT2D eigenvalue weighted by Gasteiger charge is 2.17. The number of hydrogen-bond acceptors (Lipinski definition) is 2. The van der Waals surface area contributed by atoms with Crippen LogP contribution in [0.15, 0.2) is 17.0 Å². The summed E-state index contributed by atoms with van der Waals surface area (Å²) < 4.78 is 0. The number of carboxylic acid groups (broad SMARTS) is 1. The van der Waals surface area contributed by atoms with Crippen LogP contribution < -0.4 is 0 Å². The molecule has 3 heteroatoms. The third-order valence-electron chi connectivity index (χ3n) is 2.68. The van der Waals surface area contributed by atoms with Crippen LogP contribution in [0.1, 0.15) is 29.5 Å². The third-order valence-corrected chi connectivity index (χ3v) is 3.48. The Labute approximate surface area is 94.7 Å². The number of carbonyl (C=O) groups is 1. The molecule has 1 aromatic rings. The second-order valence-corrected chi connectivity index (χ2v) is 4.59. The van der Waals surface area contributed by atoms with Crippen molar-refractivity contribution >= 4 is 17.7 Å². The third kappa shape index (κ3) is 2.53. The first-order valence-electron chi connectivity index (χ1n) is 4.85. The van der Waals surface area contributed by atoms with Crippen LogP contribution >= 0.6 is 11.8 Å². The number of rotatable bonds is 3. The first kappa shape index (κ1) is 12.1. The van der Waals surface area contributed by atoms with E-state index in [9.17, 15) is 4.79 Å². The van der Waals surface area contributed by atoms with Crippen molar-refractivity contribution in [2.75, 3.05) is 6.26 Å². The topological polar surface area (TPSA) is 37.3 Å². The second kappa shape index (κ2) is 4.71. The van der Waals surface area contributed by atoms with Gasteiger partial charge >= 0.3 is 5.97 Å². The molecule has 0 bridgehead atoms. The van der Waals surface area contributed by atoms with E-state index in [1.165, 1.54) is 5.56 Å². The summed E-state index contributed by atoms with van der Waals surface area (Å²) in [6.07, 6.45) is 1.97. The van der Waals surface area contributed by atoms with Crippen LogP contribution in [0.4, 0.5) is 0 Å². The SMILES string of the molecule is CSc1cc(C)c(C)cc1C(C)C(=O)O. The van der Waals surface area contributed by atoms with E-state index in [2.05, 4.69) is 6.07 Å². The quantitative estimate of drug-likeness (QED) is 0.801. The van der Waals surface area contributed by atoms with E-state index in [0.29, 0.717) is 0 Å². The van der Waals surface area contributed by atoms with Gasteiger partial charge in [-0.05, 0) is 49.8 Å². The molecule has 0 saturated carbocycles. The maximum Gasteiger partial charge on any atom is 0.310 e.